The molecule has 2 aromatic rings. The Morgan fingerprint density at radius 2 is 0.925 bits per heavy atom. The predicted molar refractivity (Wildman–Crippen MR) is 212 cm³/mol. The standard InChI is InChI=1S/C40H60N2O8S3/c1-39(2,3)49-37(43)41-23-15-33(16-24-41)21-29-52(45,46)35-11-7-31(8-12-35)19-27-51-28-20-32-9-13-36(14-10-32)53(47,48)30-22-34-17-25-42(26-18-34)38(44)50-40(4,5)6/h7-14,33-34H,15-30H2,1-6H3. The molecule has 0 aromatic heterocycles. The Labute approximate surface area is 322 Å². The van der Waals surface area contributed by atoms with Crippen LogP contribution in [0.1, 0.15) is 91.2 Å². The first kappa shape index (κ1) is 43.0. The number of sulfone groups is 2. The Bertz CT molecular complexity index is 1570. The largest absolute Gasteiger partial charge is 0.444 e. The second-order valence-corrected chi connectivity index (χ2v) is 21.9. The van der Waals surface area contributed by atoms with Crippen LogP contribution < -0.4 is 0 Å². The van der Waals surface area contributed by atoms with Gasteiger partial charge >= 0.3 is 12.2 Å². The van der Waals surface area contributed by atoms with Crippen molar-refractivity contribution in [3.8, 4) is 0 Å². The average Bonchev–Trinajstić information content (AvgIpc) is 3.09. The third-order valence-corrected chi connectivity index (χ3v) is 14.3. The number of nitrogens with zero attached hydrogens (tertiary/aromatic N) is 2. The van der Waals surface area contributed by atoms with Crippen molar-refractivity contribution in [2.24, 2.45) is 11.8 Å². The van der Waals surface area contributed by atoms with Crippen molar-refractivity contribution >= 4 is 43.6 Å². The van der Waals surface area contributed by atoms with Gasteiger partial charge in [-0.25, -0.2) is 26.4 Å². The summed E-state index contributed by atoms with van der Waals surface area (Å²) in [5, 5.41) is 0. The molecule has 2 fully saturated rings. The zero-order valence-electron chi connectivity index (χ0n) is 32.5. The lowest BCUT2D eigenvalue weighted by molar-refractivity contribution is 0.0172. The number of thioether (sulfide) groups is 1. The number of hydrogen-bond donors (Lipinski definition) is 0. The van der Waals surface area contributed by atoms with Crippen LogP contribution in [0.25, 0.3) is 0 Å². The van der Waals surface area contributed by atoms with Crippen LogP contribution >= 0.6 is 11.8 Å². The third-order valence-electron chi connectivity index (χ3n) is 9.76. The van der Waals surface area contributed by atoms with Crippen LogP contribution in [-0.2, 0) is 42.0 Å². The molecular weight excluding hydrogens is 733 g/mol. The summed E-state index contributed by atoms with van der Waals surface area (Å²) in [5.74, 6) is 2.54. The molecule has 0 bridgehead atoms. The highest BCUT2D eigenvalue weighted by Crippen LogP contribution is 2.26. The SMILES string of the molecule is CC(C)(C)OC(=O)N1CCC(CCS(=O)(=O)c2ccc(CCSCCc3ccc(S(=O)(=O)CCC4CCN(C(=O)OC(C)(C)C)CC4)cc3)cc2)CC1. The van der Waals surface area contributed by atoms with Crippen molar-refractivity contribution in [1.29, 1.82) is 0 Å². The normalized spacial score (nSPS) is 16.8. The molecule has 2 aromatic carbocycles. The number of hydrogen-bond acceptors (Lipinski definition) is 9. The van der Waals surface area contributed by atoms with Gasteiger partial charge in [0, 0.05) is 26.2 Å². The van der Waals surface area contributed by atoms with Crippen molar-refractivity contribution in [3.05, 3.63) is 59.7 Å². The number of rotatable bonds is 14. The molecular formula is C40H60N2O8S3. The molecule has 0 saturated carbocycles. The van der Waals surface area contributed by atoms with E-state index in [1.807, 2.05) is 77.6 Å². The van der Waals surface area contributed by atoms with E-state index in [0.717, 1.165) is 61.2 Å². The van der Waals surface area contributed by atoms with Gasteiger partial charge in [0.1, 0.15) is 11.2 Å². The van der Waals surface area contributed by atoms with E-state index >= 15 is 0 Å². The first-order chi connectivity index (χ1) is 24.8. The third kappa shape index (κ3) is 14.4. The molecule has 13 heteroatoms. The van der Waals surface area contributed by atoms with E-state index in [1.54, 1.807) is 34.1 Å². The molecule has 2 aliphatic rings. The van der Waals surface area contributed by atoms with Gasteiger partial charge in [0.2, 0.25) is 0 Å². The van der Waals surface area contributed by atoms with Gasteiger partial charge in [0.25, 0.3) is 0 Å². The van der Waals surface area contributed by atoms with E-state index in [1.165, 1.54) is 0 Å². The number of aryl methyl sites for hydroxylation is 2. The van der Waals surface area contributed by atoms with Gasteiger partial charge < -0.3 is 19.3 Å². The fourth-order valence-corrected chi connectivity index (χ4v) is 10.4. The Morgan fingerprint density at radius 1 is 0.604 bits per heavy atom. The molecule has 0 aliphatic carbocycles. The van der Waals surface area contributed by atoms with E-state index in [0.29, 0.717) is 48.8 Å². The van der Waals surface area contributed by atoms with Crippen LogP contribution in [0.15, 0.2) is 58.3 Å². The Kier molecular flexibility index (Phi) is 15.2. The lowest BCUT2D eigenvalue weighted by atomic mass is 9.95. The van der Waals surface area contributed by atoms with E-state index in [9.17, 15) is 26.4 Å². The zero-order valence-corrected chi connectivity index (χ0v) is 34.9. The van der Waals surface area contributed by atoms with Gasteiger partial charge in [0.15, 0.2) is 19.7 Å². The van der Waals surface area contributed by atoms with Crippen LogP contribution in [0.5, 0.6) is 0 Å². The lowest BCUT2D eigenvalue weighted by Crippen LogP contribution is -2.41. The number of benzene rings is 2. The fourth-order valence-electron chi connectivity index (χ4n) is 6.55. The second kappa shape index (κ2) is 18.7. The summed E-state index contributed by atoms with van der Waals surface area (Å²) in [6.45, 7) is 13.5. The molecule has 0 atom stereocenters. The first-order valence-corrected chi connectivity index (χ1v) is 23.4. The van der Waals surface area contributed by atoms with E-state index in [2.05, 4.69) is 0 Å². The summed E-state index contributed by atoms with van der Waals surface area (Å²) in [4.78, 5) is 28.8. The number of carbonyl (C=O) groups is 2. The highest BCUT2D eigenvalue weighted by molar-refractivity contribution is 7.99. The Balaban J connectivity index is 1.10. The van der Waals surface area contributed by atoms with Gasteiger partial charge in [-0.05, 0) is 152 Å². The van der Waals surface area contributed by atoms with Crippen molar-refractivity contribution in [2.45, 2.75) is 114 Å². The molecule has 2 heterocycles. The van der Waals surface area contributed by atoms with Gasteiger partial charge in [-0.15, -0.1) is 0 Å². The highest BCUT2D eigenvalue weighted by Gasteiger charge is 2.29. The predicted octanol–water partition coefficient (Wildman–Crippen LogP) is 7.83. The summed E-state index contributed by atoms with van der Waals surface area (Å²) < 4.78 is 63.1. The Hall–Kier alpha value is -2.77. The smallest absolute Gasteiger partial charge is 0.410 e. The van der Waals surface area contributed by atoms with Crippen molar-refractivity contribution in [2.75, 3.05) is 49.2 Å². The maximum atomic E-state index is 13.0. The molecule has 4 rings (SSSR count). The first-order valence-electron chi connectivity index (χ1n) is 19.0. The summed E-state index contributed by atoms with van der Waals surface area (Å²) in [6, 6.07) is 14.5. The minimum Gasteiger partial charge on any atom is -0.444 e. The molecule has 53 heavy (non-hydrogen) atoms. The van der Waals surface area contributed by atoms with Crippen molar-refractivity contribution in [1.82, 2.24) is 9.80 Å². The Morgan fingerprint density at radius 3 is 1.23 bits per heavy atom. The second-order valence-electron chi connectivity index (χ2n) is 16.4. The summed E-state index contributed by atoms with van der Waals surface area (Å²) in [7, 11) is -6.77. The van der Waals surface area contributed by atoms with Crippen molar-refractivity contribution in [3.63, 3.8) is 0 Å². The van der Waals surface area contributed by atoms with Gasteiger partial charge in [-0.2, -0.15) is 11.8 Å². The van der Waals surface area contributed by atoms with Crippen LogP contribution in [0, 0.1) is 11.8 Å². The fraction of sp³-hybridized carbons (Fsp3) is 0.650. The lowest BCUT2D eigenvalue weighted by Gasteiger charge is -2.33. The minimum atomic E-state index is -3.38. The monoisotopic (exact) mass is 792 g/mol. The molecule has 0 radical (unpaired) electrons. The molecule has 2 amide bonds. The summed E-state index contributed by atoms with van der Waals surface area (Å²) >= 11 is 1.82. The molecule has 10 nitrogen and oxygen atoms in total. The van der Waals surface area contributed by atoms with Crippen LogP contribution in [0.3, 0.4) is 0 Å². The average molecular weight is 793 g/mol. The van der Waals surface area contributed by atoms with Gasteiger partial charge in [-0.3, -0.25) is 0 Å². The van der Waals surface area contributed by atoms with E-state index in [-0.39, 0.29) is 35.5 Å². The molecule has 0 unspecified atom stereocenters. The number of amides is 2. The van der Waals surface area contributed by atoms with Crippen LogP contribution in [0.4, 0.5) is 9.59 Å². The summed E-state index contributed by atoms with van der Waals surface area (Å²) in [6.07, 6.45) is 5.33. The number of likely N-dealkylation sites (tertiary alicyclic amines) is 2. The van der Waals surface area contributed by atoms with Crippen LogP contribution in [0.2, 0.25) is 0 Å². The van der Waals surface area contributed by atoms with Gasteiger partial charge in [0.05, 0.1) is 21.3 Å². The molecule has 0 N–H and O–H groups in total. The van der Waals surface area contributed by atoms with Crippen molar-refractivity contribution < 1.29 is 35.9 Å². The molecule has 0 spiro atoms. The minimum absolute atomic E-state index is 0.102. The van der Waals surface area contributed by atoms with E-state index in [4.69, 9.17) is 9.47 Å². The number of carbonyl (C=O) groups excluding carboxylic acids is 2. The quantitative estimate of drug-likeness (QED) is 0.176. The maximum Gasteiger partial charge on any atom is 0.410 e. The number of piperidine rings is 2. The molecule has 2 aliphatic heterocycles. The zero-order chi connectivity index (χ0) is 38.9. The molecule has 296 valence electrons. The van der Waals surface area contributed by atoms with Crippen LogP contribution in [-0.4, -0.2) is 99.2 Å². The maximum absolute atomic E-state index is 13.0. The van der Waals surface area contributed by atoms with Gasteiger partial charge in [-0.1, -0.05) is 24.3 Å². The van der Waals surface area contributed by atoms with E-state index < -0.39 is 30.9 Å². The summed E-state index contributed by atoms with van der Waals surface area (Å²) in [5.41, 5.74) is 1.12. The number of ether oxygens (including phenoxy) is 2. The molecule has 2 saturated heterocycles. The topological polar surface area (TPSA) is 127 Å². The highest BCUT2D eigenvalue weighted by atomic mass is 32.2.